The number of halogens is 2. The smallest absolute Gasteiger partial charge is 0.269 e. The number of hydrogen-bond acceptors (Lipinski definition) is 3. The van der Waals surface area contributed by atoms with E-state index in [2.05, 4.69) is 37.2 Å². The van der Waals surface area contributed by atoms with Crippen LogP contribution in [0.25, 0.3) is 0 Å². The summed E-state index contributed by atoms with van der Waals surface area (Å²) < 4.78 is 0. The average Bonchev–Trinajstić information content (AvgIpc) is 2.36. The van der Waals surface area contributed by atoms with Gasteiger partial charge in [0.1, 0.15) is 0 Å². The first-order chi connectivity index (χ1) is 8.54. The van der Waals surface area contributed by atoms with Crippen LogP contribution in [0.4, 0.5) is 5.69 Å². The van der Waals surface area contributed by atoms with Crippen LogP contribution < -0.4 is 5.32 Å². The van der Waals surface area contributed by atoms with Crippen molar-refractivity contribution < 1.29 is 9.72 Å². The van der Waals surface area contributed by atoms with Crippen LogP contribution >= 0.6 is 31.9 Å². The van der Waals surface area contributed by atoms with Crippen molar-refractivity contribution in [3.63, 3.8) is 0 Å². The standard InChI is InChI=1S/C11H12Br2N2O3/c12-6-5-10(13)11(16)14-7-8-1-3-9(4-2-8)15(17)18/h1-4,10H,5-7H2,(H,14,16)/t10-/m0/s1. The second-order valence-electron chi connectivity index (χ2n) is 3.59. The van der Waals surface area contributed by atoms with E-state index in [0.29, 0.717) is 13.0 Å². The van der Waals surface area contributed by atoms with Gasteiger partial charge in [0.15, 0.2) is 0 Å². The van der Waals surface area contributed by atoms with Crippen LogP contribution in [0.2, 0.25) is 0 Å². The van der Waals surface area contributed by atoms with Gasteiger partial charge in [0.2, 0.25) is 5.91 Å². The SMILES string of the molecule is O=C(NCc1ccc([N+](=O)[O-])cc1)[C@@H](Br)CCBr. The van der Waals surface area contributed by atoms with Crippen molar-refractivity contribution in [1.29, 1.82) is 0 Å². The van der Waals surface area contributed by atoms with Gasteiger partial charge in [0.05, 0.1) is 9.75 Å². The molecule has 0 aliphatic heterocycles. The summed E-state index contributed by atoms with van der Waals surface area (Å²) in [5, 5.41) is 14.0. The predicted octanol–water partition coefficient (Wildman–Crippen LogP) is 2.76. The molecule has 1 atom stereocenters. The summed E-state index contributed by atoms with van der Waals surface area (Å²) in [5.41, 5.74) is 0.871. The van der Waals surface area contributed by atoms with Gasteiger partial charge in [0, 0.05) is 24.0 Å². The molecule has 1 rings (SSSR count). The first-order valence-corrected chi connectivity index (χ1v) is 7.29. The van der Waals surface area contributed by atoms with E-state index in [0.717, 1.165) is 10.9 Å². The molecule has 0 saturated carbocycles. The highest BCUT2D eigenvalue weighted by Crippen LogP contribution is 2.12. The maximum Gasteiger partial charge on any atom is 0.269 e. The Morgan fingerprint density at radius 3 is 2.50 bits per heavy atom. The minimum absolute atomic E-state index is 0.0442. The molecule has 1 aromatic carbocycles. The zero-order chi connectivity index (χ0) is 13.5. The number of alkyl halides is 2. The Balaban J connectivity index is 2.48. The van der Waals surface area contributed by atoms with E-state index < -0.39 is 4.92 Å². The van der Waals surface area contributed by atoms with Crippen LogP contribution in [-0.4, -0.2) is 21.0 Å². The lowest BCUT2D eigenvalue weighted by Gasteiger charge is -2.09. The first-order valence-electron chi connectivity index (χ1n) is 5.25. The van der Waals surface area contributed by atoms with Crippen LogP contribution in [0.1, 0.15) is 12.0 Å². The number of rotatable bonds is 6. The summed E-state index contributed by atoms with van der Waals surface area (Å²) in [5.74, 6) is -0.0900. The van der Waals surface area contributed by atoms with Crippen molar-refractivity contribution >= 4 is 43.5 Å². The molecule has 0 aliphatic rings. The zero-order valence-electron chi connectivity index (χ0n) is 9.44. The minimum Gasteiger partial charge on any atom is -0.351 e. The van der Waals surface area contributed by atoms with Gasteiger partial charge >= 0.3 is 0 Å². The number of nitrogens with zero attached hydrogens (tertiary/aromatic N) is 1. The van der Waals surface area contributed by atoms with Gasteiger partial charge in [0.25, 0.3) is 5.69 Å². The Bertz CT molecular complexity index is 423. The fourth-order valence-electron chi connectivity index (χ4n) is 1.26. The molecule has 0 aliphatic carbocycles. The van der Waals surface area contributed by atoms with Crippen LogP contribution in [0.5, 0.6) is 0 Å². The van der Waals surface area contributed by atoms with E-state index in [9.17, 15) is 14.9 Å². The van der Waals surface area contributed by atoms with Crippen molar-refractivity contribution in [2.45, 2.75) is 17.8 Å². The Morgan fingerprint density at radius 2 is 2.00 bits per heavy atom. The summed E-state index contributed by atoms with van der Waals surface area (Å²) in [6.07, 6.45) is 0.700. The predicted molar refractivity (Wildman–Crippen MR) is 76.1 cm³/mol. The number of carbonyl (C=O) groups is 1. The van der Waals surface area contributed by atoms with Crippen LogP contribution in [-0.2, 0) is 11.3 Å². The van der Waals surface area contributed by atoms with E-state index in [1.807, 2.05) is 0 Å². The molecule has 0 spiro atoms. The molecule has 1 amide bonds. The quantitative estimate of drug-likeness (QED) is 0.469. The highest BCUT2D eigenvalue weighted by Gasteiger charge is 2.13. The molecule has 0 bridgehead atoms. The van der Waals surface area contributed by atoms with Crippen molar-refractivity contribution in [2.24, 2.45) is 0 Å². The molecule has 5 nitrogen and oxygen atoms in total. The molecule has 7 heteroatoms. The fourth-order valence-corrected chi connectivity index (χ4v) is 2.73. The molecule has 0 radical (unpaired) electrons. The lowest BCUT2D eigenvalue weighted by molar-refractivity contribution is -0.384. The molecule has 1 N–H and O–H groups in total. The second kappa shape index (κ2) is 7.48. The second-order valence-corrected chi connectivity index (χ2v) is 5.48. The van der Waals surface area contributed by atoms with Gasteiger partial charge < -0.3 is 5.32 Å². The van der Waals surface area contributed by atoms with Gasteiger partial charge in [-0.2, -0.15) is 0 Å². The number of nitro benzene ring substituents is 1. The highest BCUT2D eigenvalue weighted by molar-refractivity contribution is 9.10. The number of amides is 1. The number of non-ortho nitro benzene ring substituents is 1. The van der Waals surface area contributed by atoms with Crippen molar-refractivity contribution in [1.82, 2.24) is 5.32 Å². The number of nitrogens with one attached hydrogen (secondary N) is 1. The third kappa shape index (κ3) is 4.73. The van der Waals surface area contributed by atoms with Crippen LogP contribution in [0.15, 0.2) is 24.3 Å². The van der Waals surface area contributed by atoms with Gasteiger partial charge in [-0.25, -0.2) is 0 Å². The van der Waals surface area contributed by atoms with Crippen molar-refractivity contribution in [2.75, 3.05) is 5.33 Å². The maximum atomic E-state index is 11.6. The summed E-state index contributed by atoms with van der Waals surface area (Å²) in [6, 6.07) is 6.11. The molecule has 1 aromatic rings. The fraction of sp³-hybridized carbons (Fsp3) is 0.364. The third-order valence-electron chi connectivity index (χ3n) is 2.26. The summed E-state index contributed by atoms with van der Waals surface area (Å²) in [4.78, 5) is 21.4. The topological polar surface area (TPSA) is 72.2 Å². The summed E-state index contributed by atoms with van der Waals surface area (Å²) in [7, 11) is 0. The zero-order valence-corrected chi connectivity index (χ0v) is 12.6. The van der Waals surface area contributed by atoms with Crippen molar-refractivity contribution in [3.05, 3.63) is 39.9 Å². The van der Waals surface area contributed by atoms with E-state index in [4.69, 9.17) is 0 Å². The number of hydrogen-bond donors (Lipinski definition) is 1. The largest absolute Gasteiger partial charge is 0.351 e. The van der Waals surface area contributed by atoms with Crippen molar-refractivity contribution in [3.8, 4) is 0 Å². The van der Waals surface area contributed by atoms with Gasteiger partial charge in [-0.1, -0.05) is 44.0 Å². The average molecular weight is 380 g/mol. The Hall–Kier alpha value is -0.950. The number of benzene rings is 1. The Kier molecular flexibility index (Phi) is 6.28. The molecule has 98 valence electrons. The summed E-state index contributed by atoms with van der Waals surface area (Å²) in [6.45, 7) is 0.362. The molecule has 0 fully saturated rings. The molecule has 0 aromatic heterocycles. The maximum absolute atomic E-state index is 11.6. The Morgan fingerprint density at radius 1 is 1.39 bits per heavy atom. The lowest BCUT2D eigenvalue weighted by atomic mass is 10.2. The van der Waals surface area contributed by atoms with Gasteiger partial charge in [-0.3, -0.25) is 14.9 Å². The molecule has 0 unspecified atom stereocenters. The molecule has 0 saturated heterocycles. The third-order valence-corrected chi connectivity index (χ3v) is 3.59. The normalized spacial score (nSPS) is 11.9. The Labute approximate surface area is 121 Å². The monoisotopic (exact) mass is 378 g/mol. The van der Waals surface area contributed by atoms with E-state index in [1.165, 1.54) is 12.1 Å². The minimum atomic E-state index is -0.452. The van der Waals surface area contributed by atoms with Gasteiger partial charge in [-0.05, 0) is 12.0 Å². The molecular weight excluding hydrogens is 368 g/mol. The number of carbonyl (C=O) groups excluding carboxylic acids is 1. The first kappa shape index (κ1) is 15.1. The number of nitro groups is 1. The van der Waals surface area contributed by atoms with E-state index in [-0.39, 0.29) is 16.4 Å². The van der Waals surface area contributed by atoms with Gasteiger partial charge in [-0.15, -0.1) is 0 Å². The lowest BCUT2D eigenvalue weighted by Crippen LogP contribution is -2.30. The van der Waals surface area contributed by atoms with E-state index in [1.54, 1.807) is 12.1 Å². The molecular formula is C11H12Br2N2O3. The van der Waals surface area contributed by atoms with E-state index >= 15 is 0 Å². The summed E-state index contributed by atoms with van der Waals surface area (Å²) >= 11 is 6.54. The van der Waals surface area contributed by atoms with Crippen LogP contribution in [0, 0.1) is 10.1 Å². The molecule has 0 heterocycles. The van der Waals surface area contributed by atoms with Crippen LogP contribution in [0.3, 0.4) is 0 Å². The molecule has 18 heavy (non-hydrogen) atoms. The highest BCUT2D eigenvalue weighted by atomic mass is 79.9.